The fourth-order valence-electron chi connectivity index (χ4n) is 3.49. The lowest BCUT2D eigenvalue weighted by Crippen LogP contribution is -1.88. The van der Waals surface area contributed by atoms with Crippen molar-refractivity contribution in [2.45, 2.75) is 109 Å². The maximum atomic E-state index is 5.72. The van der Waals surface area contributed by atoms with Crippen molar-refractivity contribution in [1.29, 1.82) is 0 Å². The summed E-state index contributed by atoms with van der Waals surface area (Å²) in [5.41, 5.74) is 8.01. The molecule has 1 radical (unpaired) electrons. The van der Waals surface area contributed by atoms with Crippen molar-refractivity contribution in [3.05, 3.63) is 36.8 Å². The Labute approximate surface area is 157 Å². The number of anilines is 1. The summed E-state index contributed by atoms with van der Waals surface area (Å²) < 4.78 is 0. The predicted octanol–water partition coefficient (Wildman–Crippen LogP) is 7.89. The van der Waals surface area contributed by atoms with Crippen molar-refractivity contribution < 1.29 is 0 Å². The van der Waals surface area contributed by atoms with Gasteiger partial charge in [-0.15, -0.1) is 0 Å². The van der Waals surface area contributed by atoms with Gasteiger partial charge in [-0.2, -0.15) is 0 Å². The molecule has 0 atom stereocenters. The molecule has 0 aliphatic carbocycles. The monoisotopic (exact) mass is 344 g/mol. The second-order valence-corrected chi connectivity index (χ2v) is 7.65. The summed E-state index contributed by atoms with van der Waals surface area (Å²) in [4.78, 5) is 0. The quantitative estimate of drug-likeness (QED) is 0.226. The van der Waals surface area contributed by atoms with Crippen LogP contribution in [0.1, 0.15) is 108 Å². The van der Waals surface area contributed by atoms with Crippen molar-refractivity contribution in [2.75, 3.05) is 5.73 Å². The number of benzene rings is 1. The van der Waals surface area contributed by atoms with Crippen LogP contribution in [0.25, 0.3) is 0 Å². The van der Waals surface area contributed by atoms with E-state index >= 15 is 0 Å². The summed E-state index contributed by atoms with van der Waals surface area (Å²) in [6.07, 6.45) is 23.6. The Balaban J connectivity index is 1.74. The zero-order valence-electron chi connectivity index (χ0n) is 16.6. The average molecular weight is 345 g/mol. The average Bonchev–Trinajstić information content (AvgIpc) is 2.63. The number of unbranched alkanes of at least 4 members (excludes halogenated alkanes) is 15. The van der Waals surface area contributed by atoms with Crippen LogP contribution in [0.3, 0.4) is 0 Å². The van der Waals surface area contributed by atoms with E-state index in [2.05, 4.69) is 19.1 Å². The van der Waals surface area contributed by atoms with Gasteiger partial charge in [0.25, 0.3) is 0 Å². The summed E-state index contributed by atoms with van der Waals surface area (Å²) in [5.74, 6) is 0. The number of hydrogen-bond donors (Lipinski definition) is 1. The van der Waals surface area contributed by atoms with Gasteiger partial charge in [0.1, 0.15) is 0 Å². The van der Waals surface area contributed by atoms with E-state index in [4.69, 9.17) is 5.73 Å². The van der Waals surface area contributed by atoms with Crippen molar-refractivity contribution >= 4 is 5.69 Å². The van der Waals surface area contributed by atoms with E-state index in [1.54, 1.807) is 0 Å². The molecule has 0 aliphatic heterocycles. The highest BCUT2D eigenvalue weighted by molar-refractivity contribution is 5.39. The normalized spacial score (nSPS) is 11.1. The first-order valence-corrected chi connectivity index (χ1v) is 11.0. The molecule has 1 aromatic carbocycles. The molecule has 0 unspecified atom stereocenters. The van der Waals surface area contributed by atoms with Gasteiger partial charge in [0, 0.05) is 5.69 Å². The molecular formula is C24H42N. The van der Waals surface area contributed by atoms with Crippen LogP contribution in [-0.2, 0) is 6.42 Å². The van der Waals surface area contributed by atoms with Crippen LogP contribution in [0.15, 0.2) is 24.3 Å². The van der Waals surface area contributed by atoms with Crippen molar-refractivity contribution in [2.24, 2.45) is 0 Å². The third-order valence-corrected chi connectivity index (χ3v) is 5.20. The standard InChI is InChI=1S/C24H42N/c1-2-3-4-5-6-7-8-9-10-11-12-13-14-15-16-17-18-23-19-21-24(25)22-20-23/h19-22H,1-18,25H2. The second kappa shape index (κ2) is 16.5. The fourth-order valence-corrected chi connectivity index (χ4v) is 3.49. The molecule has 0 bridgehead atoms. The number of nitrogen functional groups attached to an aromatic ring is 1. The Bertz CT molecular complexity index is 382. The van der Waals surface area contributed by atoms with Gasteiger partial charge >= 0.3 is 0 Å². The molecule has 0 spiro atoms. The Morgan fingerprint density at radius 1 is 0.520 bits per heavy atom. The molecule has 0 aromatic heterocycles. The zero-order valence-corrected chi connectivity index (χ0v) is 16.6. The van der Waals surface area contributed by atoms with Gasteiger partial charge in [-0.3, -0.25) is 0 Å². The molecule has 1 aromatic rings. The Hall–Kier alpha value is -0.980. The first-order valence-electron chi connectivity index (χ1n) is 11.0. The van der Waals surface area contributed by atoms with Gasteiger partial charge in [-0.05, 0) is 30.5 Å². The minimum Gasteiger partial charge on any atom is -0.399 e. The highest BCUT2D eigenvalue weighted by Crippen LogP contribution is 2.15. The topological polar surface area (TPSA) is 26.0 Å². The van der Waals surface area contributed by atoms with Crippen LogP contribution in [0, 0.1) is 6.92 Å². The van der Waals surface area contributed by atoms with Crippen LogP contribution in [0.4, 0.5) is 5.69 Å². The molecule has 0 aliphatic rings. The van der Waals surface area contributed by atoms with Crippen LogP contribution in [-0.4, -0.2) is 0 Å². The van der Waals surface area contributed by atoms with Gasteiger partial charge in [-0.25, -0.2) is 0 Å². The molecule has 2 N–H and O–H groups in total. The summed E-state index contributed by atoms with van der Waals surface area (Å²) in [6, 6.07) is 8.36. The summed E-state index contributed by atoms with van der Waals surface area (Å²) in [6.45, 7) is 3.90. The fraction of sp³-hybridized carbons (Fsp3) is 0.708. The van der Waals surface area contributed by atoms with E-state index in [-0.39, 0.29) is 0 Å². The number of hydrogen-bond acceptors (Lipinski definition) is 1. The molecule has 1 nitrogen and oxygen atoms in total. The highest BCUT2D eigenvalue weighted by Gasteiger charge is 1.96. The van der Waals surface area contributed by atoms with Gasteiger partial charge < -0.3 is 5.73 Å². The lowest BCUT2D eigenvalue weighted by molar-refractivity contribution is 0.530. The van der Waals surface area contributed by atoms with E-state index in [0.717, 1.165) is 12.1 Å². The third kappa shape index (κ3) is 13.9. The van der Waals surface area contributed by atoms with Crippen LogP contribution in [0.2, 0.25) is 0 Å². The number of aryl methyl sites for hydroxylation is 1. The third-order valence-electron chi connectivity index (χ3n) is 5.20. The first kappa shape index (κ1) is 22.1. The van der Waals surface area contributed by atoms with Crippen molar-refractivity contribution in [3.63, 3.8) is 0 Å². The molecule has 0 saturated carbocycles. The van der Waals surface area contributed by atoms with Gasteiger partial charge in [0.15, 0.2) is 0 Å². The summed E-state index contributed by atoms with van der Waals surface area (Å²) >= 11 is 0. The largest absolute Gasteiger partial charge is 0.399 e. The van der Waals surface area contributed by atoms with Gasteiger partial charge in [0.05, 0.1) is 0 Å². The first-order chi connectivity index (χ1) is 12.3. The molecule has 143 valence electrons. The van der Waals surface area contributed by atoms with E-state index in [1.165, 1.54) is 108 Å². The van der Waals surface area contributed by atoms with Crippen LogP contribution < -0.4 is 5.73 Å². The maximum Gasteiger partial charge on any atom is 0.0314 e. The SMILES string of the molecule is [CH2]CCCCCCCCCCCCCCCCCc1ccc(N)cc1. The Morgan fingerprint density at radius 3 is 1.28 bits per heavy atom. The Morgan fingerprint density at radius 2 is 0.880 bits per heavy atom. The van der Waals surface area contributed by atoms with E-state index in [1.807, 2.05) is 12.1 Å². The molecule has 0 heterocycles. The van der Waals surface area contributed by atoms with Gasteiger partial charge in [0.2, 0.25) is 0 Å². The molecule has 0 amide bonds. The minimum atomic E-state index is 0.869. The maximum absolute atomic E-state index is 5.72. The zero-order chi connectivity index (χ0) is 18.0. The molecular weight excluding hydrogens is 302 g/mol. The lowest BCUT2D eigenvalue weighted by Gasteiger charge is -2.04. The van der Waals surface area contributed by atoms with Crippen molar-refractivity contribution in [3.8, 4) is 0 Å². The highest BCUT2D eigenvalue weighted by atomic mass is 14.5. The molecule has 1 rings (SSSR count). The molecule has 25 heavy (non-hydrogen) atoms. The molecule has 0 saturated heterocycles. The van der Waals surface area contributed by atoms with E-state index in [0.29, 0.717) is 0 Å². The Kier molecular flexibility index (Phi) is 14.5. The van der Waals surface area contributed by atoms with Crippen LogP contribution in [0.5, 0.6) is 0 Å². The van der Waals surface area contributed by atoms with E-state index < -0.39 is 0 Å². The smallest absolute Gasteiger partial charge is 0.0314 e. The van der Waals surface area contributed by atoms with Gasteiger partial charge in [-0.1, -0.05) is 115 Å². The second-order valence-electron chi connectivity index (χ2n) is 7.65. The summed E-state index contributed by atoms with van der Waals surface area (Å²) in [5, 5.41) is 0. The van der Waals surface area contributed by atoms with E-state index in [9.17, 15) is 0 Å². The van der Waals surface area contributed by atoms with Crippen LogP contribution >= 0.6 is 0 Å². The molecule has 1 heteroatoms. The number of nitrogens with two attached hydrogens (primary N) is 1. The lowest BCUT2D eigenvalue weighted by atomic mass is 10.0. The van der Waals surface area contributed by atoms with Crippen molar-refractivity contribution in [1.82, 2.24) is 0 Å². The summed E-state index contributed by atoms with van der Waals surface area (Å²) in [7, 11) is 0. The predicted molar refractivity (Wildman–Crippen MR) is 114 cm³/mol. The minimum absolute atomic E-state index is 0.869. The number of rotatable bonds is 17. The molecule has 0 fully saturated rings.